The predicted molar refractivity (Wildman–Crippen MR) is 121 cm³/mol. The number of nitrogens with two attached hydrogens (primary N) is 1. The molecule has 2 aromatic carbocycles. The first-order valence-corrected chi connectivity index (χ1v) is 10.6. The molecule has 3 rings (SSSR count). The predicted octanol–water partition coefficient (Wildman–Crippen LogP) is 4.93. The normalized spacial score (nSPS) is 16.3. The molecule has 1 heterocycles. The van der Waals surface area contributed by atoms with Gasteiger partial charge in [0.2, 0.25) is 0 Å². The number of hydrogen-bond donors (Lipinski definition) is 1. The molecule has 38 heavy (non-hydrogen) atoms. The Morgan fingerprint density at radius 3 is 2.03 bits per heavy atom. The zero-order valence-electron chi connectivity index (χ0n) is 20.0. The summed E-state index contributed by atoms with van der Waals surface area (Å²) in [5, 5.41) is 9.98. The molecule has 0 aromatic heterocycles. The van der Waals surface area contributed by atoms with E-state index in [9.17, 15) is 41.2 Å². The Morgan fingerprint density at radius 2 is 1.55 bits per heavy atom. The van der Waals surface area contributed by atoms with Gasteiger partial charge in [-0.2, -0.15) is 31.6 Å². The summed E-state index contributed by atoms with van der Waals surface area (Å²) in [6.45, 7) is 0.869. The van der Waals surface area contributed by atoms with Crippen LogP contribution in [0.15, 0.2) is 65.1 Å². The van der Waals surface area contributed by atoms with Crippen LogP contribution in [0.4, 0.5) is 32.0 Å². The number of carbonyl (C=O) groups excluding carboxylic acids is 2. The minimum atomic E-state index is -5.24. The third-order valence-electron chi connectivity index (χ3n) is 5.86. The molecule has 1 aliphatic rings. The number of rotatable bonds is 4. The van der Waals surface area contributed by atoms with Gasteiger partial charge in [0.25, 0.3) is 0 Å². The molecular weight excluding hydrogens is 520 g/mol. The molecule has 0 fully saturated rings. The van der Waals surface area contributed by atoms with E-state index in [1.54, 1.807) is 24.3 Å². The lowest BCUT2D eigenvalue weighted by atomic mass is 9.80. The quantitative estimate of drug-likeness (QED) is 0.434. The Balaban J connectivity index is 2.55. The molecule has 0 saturated heterocycles. The molecule has 0 radical (unpaired) electrons. The fourth-order valence-electron chi connectivity index (χ4n) is 4.15. The van der Waals surface area contributed by atoms with Crippen LogP contribution < -0.4 is 10.6 Å². The Hall–Kier alpha value is -4.47. The summed E-state index contributed by atoms with van der Waals surface area (Å²) >= 11 is 0. The molecule has 2 aromatic rings. The number of alkyl halides is 6. The number of allylic oxidation sites excluding steroid dienone is 1. The fourth-order valence-corrected chi connectivity index (χ4v) is 4.15. The van der Waals surface area contributed by atoms with Gasteiger partial charge in [-0.3, -0.25) is 4.90 Å². The zero-order chi connectivity index (χ0) is 28.6. The van der Waals surface area contributed by atoms with Crippen molar-refractivity contribution >= 4 is 17.6 Å². The Labute approximate surface area is 212 Å². The summed E-state index contributed by atoms with van der Waals surface area (Å²) in [6, 6.07) is 9.72. The fraction of sp³-hybridized carbons (Fsp3) is 0.240. The smallest absolute Gasteiger partial charge is 0.416 e. The summed E-state index contributed by atoms with van der Waals surface area (Å²) < 4.78 is 92.0. The van der Waals surface area contributed by atoms with Crippen molar-refractivity contribution in [1.82, 2.24) is 0 Å². The number of nitrogens with zero attached hydrogens (tertiary/aromatic N) is 2. The number of methoxy groups -OCH3 is 2. The number of hydrogen-bond acceptors (Lipinski definition) is 7. The van der Waals surface area contributed by atoms with E-state index in [2.05, 4.69) is 0 Å². The lowest BCUT2D eigenvalue weighted by Crippen LogP contribution is -2.41. The van der Waals surface area contributed by atoms with Gasteiger partial charge in [-0.15, -0.1) is 0 Å². The van der Waals surface area contributed by atoms with Crippen molar-refractivity contribution in [3.05, 3.63) is 87.4 Å². The molecule has 0 bridgehead atoms. The van der Waals surface area contributed by atoms with Crippen LogP contribution in [0.1, 0.15) is 28.2 Å². The van der Waals surface area contributed by atoms with Gasteiger partial charge in [0.15, 0.2) is 0 Å². The topological polar surface area (TPSA) is 106 Å². The highest BCUT2D eigenvalue weighted by Gasteiger charge is 2.45. The summed E-state index contributed by atoms with van der Waals surface area (Å²) in [6.07, 6.45) is -10.5. The van der Waals surface area contributed by atoms with Crippen LogP contribution in [-0.2, 0) is 31.4 Å². The molecule has 0 saturated carbocycles. The third-order valence-corrected chi connectivity index (χ3v) is 5.86. The number of ether oxygens (including phenoxy) is 2. The molecule has 1 unspecified atom stereocenters. The van der Waals surface area contributed by atoms with Crippen LogP contribution in [0.25, 0.3) is 0 Å². The highest BCUT2D eigenvalue weighted by atomic mass is 19.4. The zero-order valence-corrected chi connectivity index (χ0v) is 20.0. The third kappa shape index (κ3) is 4.89. The Morgan fingerprint density at radius 1 is 0.974 bits per heavy atom. The molecule has 0 aliphatic carbocycles. The summed E-state index contributed by atoms with van der Waals surface area (Å²) in [7, 11) is 1.83. The van der Waals surface area contributed by atoms with Gasteiger partial charge in [-0.1, -0.05) is 30.3 Å². The van der Waals surface area contributed by atoms with Crippen molar-refractivity contribution in [2.24, 2.45) is 5.73 Å². The van der Waals surface area contributed by atoms with Crippen LogP contribution >= 0.6 is 0 Å². The Kier molecular flexibility index (Phi) is 7.49. The average Bonchev–Trinajstić information content (AvgIpc) is 2.86. The number of esters is 2. The van der Waals surface area contributed by atoms with Gasteiger partial charge in [0.1, 0.15) is 11.5 Å². The van der Waals surface area contributed by atoms with Gasteiger partial charge in [0.05, 0.1) is 54.2 Å². The second-order valence-electron chi connectivity index (χ2n) is 8.00. The number of halogens is 6. The van der Waals surface area contributed by atoms with E-state index in [0.717, 1.165) is 21.1 Å². The van der Waals surface area contributed by atoms with Crippen LogP contribution in [0, 0.1) is 18.3 Å². The van der Waals surface area contributed by atoms with E-state index < -0.39 is 75.3 Å². The highest BCUT2D eigenvalue weighted by molar-refractivity contribution is 6.06. The molecule has 7 nitrogen and oxygen atoms in total. The minimum Gasteiger partial charge on any atom is -0.466 e. The molecule has 0 spiro atoms. The maximum atomic E-state index is 13.8. The van der Waals surface area contributed by atoms with E-state index in [1.165, 1.54) is 12.1 Å². The van der Waals surface area contributed by atoms with E-state index >= 15 is 0 Å². The average molecular weight is 539 g/mol. The SMILES string of the molecule is COC(=O)C1=C(C(=O)OC)N(c2cc(C(F)(F)F)cc(C(F)(F)F)c2C)C(N)=C(C#N)C1c1ccccc1. The van der Waals surface area contributed by atoms with Gasteiger partial charge < -0.3 is 15.2 Å². The number of benzene rings is 2. The molecular formula is C25H19F6N3O4. The van der Waals surface area contributed by atoms with Gasteiger partial charge in [-0.05, 0) is 30.2 Å². The second-order valence-corrected chi connectivity index (χ2v) is 8.00. The van der Waals surface area contributed by atoms with Crippen LogP contribution in [0.3, 0.4) is 0 Å². The number of carbonyl (C=O) groups is 2. The van der Waals surface area contributed by atoms with Crippen LogP contribution in [0.5, 0.6) is 0 Å². The largest absolute Gasteiger partial charge is 0.466 e. The lowest BCUT2D eigenvalue weighted by molar-refractivity contribution is -0.143. The first-order valence-electron chi connectivity index (χ1n) is 10.6. The van der Waals surface area contributed by atoms with Crippen molar-refractivity contribution in [2.75, 3.05) is 19.1 Å². The van der Waals surface area contributed by atoms with Crippen LogP contribution in [-0.4, -0.2) is 26.2 Å². The van der Waals surface area contributed by atoms with Gasteiger partial charge in [0, 0.05) is 0 Å². The van der Waals surface area contributed by atoms with Crippen molar-refractivity contribution < 1.29 is 45.4 Å². The van der Waals surface area contributed by atoms with Crippen LogP contribution in [0.2, 0.25) is 0 Å². The first-order chi connectivity index (χ1) is 17.7. The maximum absolute atomic E-state index is 13.8. The standard InChI is InChI=1S/C25H19F6N3O4/c1-12-16(25(29,30)31)9-14(24(26,27)28)10-17(12)34-20(23(36)38-3)19(22(35)37-2)18(15(11-32)21(34)33)13-7-5-4-6-8-13/h4-10,18H,33H2,1-3H3. The Bertz CT molecular complexity index is 1390. The molecule has 200 valence electrons. The molecule has 0 amide bonds. The molecule has 13 heteroatoms. The van der Waals surface area contributed by atoms with Crippen molar-refractivity contribution in [3.63, 3.8) is 0 Å². The van der Waals surface area contributed by atoms with E-state index in [-0.39, 0.29) is 11.6 Å². The highest BCUT2D eigenvalue weighted by Crippen LogP contribution is 2.47. The lowest BCUT2D eigenvalue weighted by Gasteiger charge is -2.37. The monoisotopic (exact) mass is 539 g/mol. The van der Waals surface area contributed by atoms with E-state index in [1.807, 2.05) is 0 Å². The molecule has 1 aliphatic heterocycles. The minimum absolute atomic E-state index is 0.0800. The number of anilines is 1. The van der Waals surface area contributed by atoms with Gasteiger partial charge in [-0.25, -0.2) is 9.59 Å². The van der Waals surface area contributed by atoms with Crippen molar-refractivity contribution in [2.45, 2.75) is 25.2 Å². The van der Waals surface area contributed by atoms with Crippen molar-refractivity contribution in [1.29, 1.82) is 5.26 Å². The molecule has 2 N–H and O–H groups in total. The second kappa shape index (κ2) is 10.1. The first kappa shape index (κ1) is 28.1. The molecule has 1 atom stereocenters. The number of nitriles is 1. The van der Waals surface area contributed by atoms with E-state index in [4.69, 9.17) is 15.2 Å². The maximum Gasteiger partial charge on any atom is 0.416 e. The van der Waals surface area contributed by atoms with Crippen molar-refractivity contribution in [3.8, 4) is 6.07 Å². The summed E-state index contributed by atoms with van der Waals surface area (Å²) in [4.78, 5) is 26.6. The summed E-state index contributed by atoms with van der Waals surface area (Å²) in [5.74, 6) is -4.54. The van der Waals surface area contributed by atoms with Gasteiger partial charge >= 0.3 is 24.3 Å². The van der Waals surface area contributed by atoms with E-state index in [0.29, 0.717) is 11.0 Å². The summed E-state index contributed by atoms with van der Waals surface area (Å²) in [5.41, 5.74) is -0.297.